The van der Waals surface area contributed by atoms with Crippen molar-refractivity contribution in [1.29, 1.82) is 0 Å². The SMILES string of the molecule is O=C(CSc1nnnn1CCO)Nc1cccc(F)c1. The van der Waals surface area contributed by atoms with Crippen LogP contribution in [0.5, 0.6) is 0 Å². The minimum absolute atomic E-state index is 0.0856. The monoisotopic (exact) mass is 297 g/mol. The van der Waals surface area contributed by atoms with Crippen molar-refractivity contribution in [2.45, 2.75) is 11.7 Å². The van der Waals surface area contributed by atoms with Crippen LogP contribution in [0.25, 0.3) is 0 Å². The zero-order valence-electron chi connectivity index (χ0n) is 10.4. The number of aliphatic hydroxyl groups excluding tert-OH is 1. The van der Waals surface area contributed by atoms with Gasteiger partial charge in [0, 0.05) is 5.69 Å². The van der Waals surface area contributed by atoms with Crippen LogP contribution in [-0.2, 0) is 11.3 Å². The van der Waals surface area contributed by atoms with Crippen molar-refractivity contribution in [3.8, 4) is 0 Å². The average molecular weight is 297 g/mol. The molecule has 106 valence electrons. The molecule has 0 fully saturated rings. The first-order chi connectivity index (χ1) is 9.69. The summed E-state index contributed by atoms with van der Waals surface area (Å²) in [5.41, 5.74) is 0.394. The fraction of sp³-hybridized carbons (Fsp3) is 0.273. The van der Waals surface area contributed by atoms with Crippen molar-refractivity contribution in [2.75, 3.05) is 17.7 Å². The van der Waals surface area contributed by atoms with E-state index in [-0.39, 0.29) is 24.8 Å². The van der Waals surface area contributed by atoms with Gasteiger partial charge >= 0.3 is 0 Å². The summed E-state index contributed by atoms with van der Waals surface area (Å²) in [4.78, 5) is 11.7. The number of hydrogen-bond acceptors (Lipinski definition) is 6. The van der Waals surface area contributed by atoms with Crippen LogP contribution in [0.1, 0.15) is 0 Å². The molecule has 0 aliphatic carbocycles. The number of rotatable bonds is 6. The maximum absolute atomic E-state index is 13.0. The van der Waals surface area contributed by atoms with Crippen molar-refractivity contribution in [3.63, 3.8) is 0 Å². The molecule has 0 saturated heterocycles. The van der Waals surface area contributed by atoms with Crippen molar-refractivity contribution >= 4 is 23.4 Å². The lowest BCUT2D eigenvalue weighted by atomic mass is 10.3. The smallest absolute Gasteiger partial charge is 0.234 e. The largest absolute Gasteiger partial charge is 0.394 e. The first-order valence-electron chi connectivity index (χ1n) is 5.74. The molecule has 1 aromatic carbocycles. The number of carbonyl (C=O) groups is 1. The zero-order chi connectivity index (χ0) is 14.4. The molecule has 20 heavy (non-hydrogen) atoms. The third-order valence-corrected chi connectivity index (χ3v) is 3.21. The van der Waals surface area contributed by atoms with Crippen LogP contribution in [0.2, 0.25) is 0 Å². The number of aromatic nitrogens is 4. The summed E-state index contributed by atoms with van der Waals surface area (Å²) in [5.74, 6) is -0.621. The summed E-state index contributed by atoms with van der Waals surface area (Å²) >= 11 is 1.14. The Hall–Kier alpha value is -2.00. The van der Waals surface area contributed by atoms with E-state index in [0.717, 1.165) is 11.8 Å². The number of nitrogens with one attached hydrogen (secondary N) is 1. The van der Waals surface area contributed by atoms with E-state index in [0.29, 0.717) is 10.8 Å². The lowest BCUT2D eigenvalue weighted by Gasteiger charge is -2.05. The maximum Gasteiger partial charge on any atom is 0.234 e. The normalized spacial score (nSPS) is 10.5. The number of carbonyl (C=O) groups excluding carboxylic acids is 1. The van der Waals surface area contributed by atoms with E-state index in [2.05, 4.69) is 20.8 Å². The van der Waals surface area contributed by atoms with Gasteiger partial charge in [0.2, 0.25) is 11.1 Å². The Kier molecular flexibility index (Phi) is 5.02. The third kappa shape index (κ3) is 4.00. The van der Waals surface area contributed by atoms with Crippen LogP contribution >= 0.6 is 11.8 Å². The Bertz CT molecular complexity index is 592. The second kappa shape index (κ2) is 6.96. The number of nitrogens with zero attached hydrogens (tertiary/aromatic N) is 4. The van der Waals surface area contributed by atoms with Gasteiger partial charge in [-0.25, -0.2) is 9.07 Å². The molecule has 0 spiro atoms. The average Bonchev–Trinajstić information content (AvgIpc) is 2.84. The molecule has 0 atom stereocenters. The van der Waals surface area contributed by atoms with Crippen LogP contribution in [-0.4, -0.2) is 43.6 Å². The number of benzene rings is 1. The molecule has 2 N–H and O–H groups in total. The minimum atomic E-state index is -0.414. The second-order valence-corrected chi connectivity index (χ2v) is 4.70. The van der Waals surface area contributed by atoms with E-state index < -0.39 is 5.82 Å². The molecule has 0 aliphatic heterocycles. The molecule has 9 heteroatoms. The van der Waals surface area contributed by atoms with Crippen LogP contribution < -0.4 is 5.32 Å². The Morgan fingerprint density at radius 2 is 2.35 bits per heavy atom. The van der Waals surface area contributed by atoms with Crippen molar-refractivity contribution in [2.24, 2.45) is 0 Å². The molecule has 0 saturated carbocycles. The minimum Gasteiger partial charge on any atom is -0.394 e. The number of aliphatic hydroxyl groups is 1. The first-order valence-corrected chi connectivity index (χ1v) is 6.73. The molecule has 2 aromatic rings. The van der Waals surface area contributed by atoms with Gasteiger partial charge in [-0.1, -0.05) is 17.8 Å². The van der Waals surface area contributed by atoms with E-state index in [9.17, 15) is 9.18 Å². The van der Waals surface area contributed by atoms with Gasteiger partial charge in [0.15, 0.2) is 0 Å². The van der Waals surface area contributed by atoms with Crippen molar-refractivity contribution in [1.82, 2.24) is 20.2 Å². The molecule has 1 aromatic heterocycles. The van der Waals surface area contributed by atoms with Gasteiger partial charge in [-0.3, -0.25) is 4.79 Å². The molecule has 7 nitrogen and oxygen atoms in total. The van der Waals surface area contributed by atoms with Crippen molar-refractivity contribution in [3.05, 3.63) is 30.1 Å². The number of amides is 1. The van der Waals surface area contributed by atoms with E-state index in [1.807, 2.05) is 0 Å². The topological polar surface area (TPSA) is 92.9 Å². The highest BCUT2D eigenvalue weighted by molar-refractivity contribution is 7.99. The highest BCUT2D eigenvalue weighted by atomic mass is 32.2. The summed E-state index contributed by atoms with van der Waals surface area (Å²) < 4.78 is 14.4. The van der Waals surface area contributed by atoms with E-state index in [1.165, 1.54) is 22.9 Å². The van der Waals surface area contributed by atoms with Gasteiger partial charge in [0.05, 0.1) is 18.9 Å². The van der Waals surface area contributed by atoms with Crippen LogP contribution in [0, 0.1) is 5.82 Å². The van der Waals surface area contributed by atoms with Gasteiger partial charge in [-0.2, -0.15) is 0 Å². The molecule has 0 radical (unpaired) electrons. The first kappa shape index (κ1) is 14.4. The summed E-state index contributed by atoms with van der Waals surface area (Å²) in [7, 11) is 0. The predicted molar refractivity (Wildman–Crippen MR) is 70.7 cm³/mol. The third-order valence-electron chi connectivity index (χ3n) is 2.25. The van der Waals surface area contributed by atoms with Gasteiger partial charge in [-0.15, -0.1) is 5.10 Å². The second-order valence-electron chi connectivity index (χ2n) is 3.76. The molecule has 0 aliphatic rings. The van der Waals surface area contributed by atoms with E-state index in [1.54, 1.807) is 6.07 Å². The molecule has 1 amide bonds. The highest BCUT2D eigenvalue weighted by Crippen LogP contribution is 2.15. The summed E-state index contributed by atoms with van der Waals surface area (Å²) in [6.07, 6.45) is 0. The molecule has 0 bridgehead atoms. The Morgan fingerprint density at radius 1 is 1.50 bits per heavy atom. The number of anilines is 1. The number of halogens is 1. The summed E-state index contributed by atoms with van der Waals surface area (Å²) in [6, 6.07) is 5.65. The van der Waals surface area contributed by atoms with Crippen LogP contribution in [0.4, 0.5) is 10.1 Å². The van der Waals surface area contributed by atoms with Crippen LogP contribution in [0.3, 0.4) is 0 Å². The van der Waals surface area contributed by atoms with E-state index >= 15 is 0 Å². The molecule has 2 rings (SSSR count). The van der Waals surface area contributed by atoms with Gasteiger partial charge in [0.1, 0.15) is 5.82 Å². The molecular weight excluding hydrogens is 285 g/mol. The van der Waals surface area contributed by atoms with E-state index in [4.69, 9.17) is 5.11 Å². The van der Waals surface area contributed by atoms with Gasteiger partial charge in [-0.05, 0) is 28.6 Å². The lowest BCUT2D eigenvalue weighted by Crippen LogP contribution is -2.15. The summed E-state index contributed by atoms with van der Waals surface area (Å²) in [6.45, 7) is 0.176. The lowest BCUT2D eigenvalue weighted by molar-refractivity contribution is -0.113. The Morgan fingerprint density at radius 3 is 3.10 bits per heavy atom. The standard InChI is InChI=1S/C11H12FN5O2S/c12-8-2-1-3-9(6-8)13-10(19)7-20-11-14-15-16-17(11)4-5-18/h1-3,6,18H,4-5,7H2,(H,13,19). The predicted octanol–water partition coefficient (Wildman–Crippen LogP) is 0.535. The fourth-order valence-electron chi connectivity index (χ4n) is 1.43. The van der Waals surface area contributed by atoms with Crippen molar-refractivity contribution < 1.29 is 14.3 Å². The summed E-state index contributed by atoms with van der Waals surface area (Å²) in [5, 5.41) is 22.7. The van der Waals surface area contributed by atoms with Crippen LogP contribution in [0.15, 0.2) is 29.4 Å². The Balaban J connectivity index is 1.87. The molecule has 0 unspecified atom stereocenters. The number of thioether (sulfide) groups is 1. The molecular formula is C11H12FN5O2S. The Labute approximate surface area is 118 Å². The van der Waals surface area contributed by atoms with Gasteiger partial charge in [0.25, 0.3) is 0 Å². The number of tetrazole rings is 1. The quantitative estimate of drug-likeness (QED) is 0.756. The highest BCUT2D eigenvalue weighted by Gasteiger charge is 2.10. The van der Waals surface area contributed by atoms with Gasteiger partial charge < -0.3 is 10.4 Å². The zero-order valence-corrected chi connectivity index (χ0v) is 11.2. The fourth-order valence-corrected chi connectivity index (χ4v) is 2.13. The molecule has 1 heterocycles. The maximum atomic E-state index is 13.0. The number of hydrogen-bond donors (Lipinski definition) is 2.